The molecule has 0 amide bonds. The second-order valence-corrected chi connectivity index (χ2v) is 4.38. The van der Waals surface area contributed by atoms with E-state index in [1.54, 1.807) is 19.1 Å². The summed E-state index contributed by atoms with van der Waals surface area (Å²) in [5, 5.41) is 9.61. The quantitative estimate of drug-likeness (QED) is 0.592. The van der Waals surface area contributed by atoms with Gasteiger partial charge in [0.1, 0.15) is 23.6 Å². The first-order valence-electron chi connectivity index (χ1n) is 6.51. The fourth-order valence-corrected chi connectivity index (χ4v) is 1.60. The molecule has 0 saturated heterocycles. The van der Waals surface area contributed by atoms with Crippen LogP contribution in [0.25, 0.3) is 0 Å². The molecule has 0 aliphatic heterocycles. The highest BCUT2D eigenvalue weighted by Gasteiger charge is 2.07. The Morgan fingerprint density at radius 3 is 2.65 bits per heavy atom. The molecule has 0 unspecified atom stereocenters. The zero-order valence-corrected chi connectivity index (χ0v) is 12.5. The number of aromatic nitrogens is 1. The molecule has 0 radical (unpaired) electrons. The Labute approximate surface area is 132 Å². The Bertz CT molecular complexity index is 692. The van der Waals surface area contributed by atoms with Gasteiger partial charge in [-0.15, -0.1) is 0 Å². The van der Waals surface area contributed by atoms with Gasteiger partial charge in [0.15, 0.2) is 0 Å². The van der Waals surface area contributed by atoms with Gasteiger partial charge in [0.25, 0.3) is 0 Å². The van der Waals surface area contributed by atoms with Gasteiger partial charge in [-0.25, -0.2) is 8.78 Å². The molecule has 1 heterocycles. The molecular formula is C15H17F2N5O. The van der Waals surface area contributed by atoms with Crippen LogP contribution in [0.5, 0.6) is 0 Å². The zero-order chi connectivity index (χ0) is 17.2. The molecule has 0 fully saturated rings. The SMILES string of the molecule is C/C(N)=C/C(=NCc1cc(F)ccc1F)c1ccon1.N=CN. The second kappa shape index (κ2) is 9.08. The van der Waals surface area contributed by atoms with Crippen LogP contribution >= 0.6 is 0 Å². The van der Waals surface area contributed by atoms with Gasteiger partial charge in [-0.1, -0.05) is 5.16 Å². The molecule has 5 N–H and O–H groups in total. The number of nitrogens with zero attached hydrogens (tertiary/aromatic N) is 2. The highest BCUT2D eigenvalue weighted by Crippen LogP contribution is 2.12. The van der Waals surface area contributed by atoms with Crippen LogP contribution < -0.4 is 11.5 Å². The second-order valence-electron chi connectivity index (χ2n) is 4.38. The summed E-state index contributed by atoms with van der Waals surface area (Å²) in [6.45, 7) is 1.67. The third kappa shape index (κ3) is 6.08. The first-order valence-corrected chi connectivity index (χ1v) is 6.51. The third-order valence-electron chi connectivity index (χ3n) is 2.49. The third-order valence-corrected chi connectivity index (χ3v) is 2.49. The van der Waals surface area contributed by atoms with Crippen LogP contribution in [-0.4, -0.2) is 17.2 Å². The summed E-state index contributed by atoms with van der Waals surface area (Å²) in [6, 6.07) is 4.85. The number of aliphatic imine (C=N–C) groups is 1. The van der Waals surface area contributed by atoms with Crippen LogP contribution in [0, 0.1) is 17.0 Å². The molecule has 0 aliphatic carbocycles. The Balaban J connectivity index is 0.000000816. The Hall–Kier alpha value is -3.03. The van der Waals surface area contributed by atoms with Crippen molar-refractivity contribution in [1.82, 2.24) is 5.16 Å². The maximum Gasteiger partial charge on any atom is 0.131 e. The van der Waals surface area contributed by atoms with Gasteiger partial charge in [0.05, 0.1) is 18.6 Å². The van der Waals surface area contributed by atoms with Crippen molar-refractivity contribution in [3.63, 3.8) is 0 Å². The monoisotopic (exact) mass is 321 g/mol. The minimum Gasteiger partial charge on any atom is -0.402 e. The summed E-state index contributed by atoms with van der Waals surface area (Å²) >= 11 is 0. The fourth-order valence-electron chi connectivity index (χ4n) is 1.60. The minimum absolute atomic E-state index is 0.0183. The summed E-state index contributed by atoms with van der Waals surface area (Å²) in [5.74, 6) is -1.02. The molecule has 6 nitrogen and oxygen atoms in total. The summed E-state index contributed by atoms with van der Waals surface area (Å²) in [6.07, 6.45) is 3.74. The lowest BCUT2D eigenvalue weighted by Gasteiger charge is -2.02. The van der Waals surface area contributed by atoms with Crippen LogP contribution in [0.1, 0.15) is 18.2 Å². The van der Waals surface area contributed by atoms with Crippen LogP contribution in [0.4, 0.5) is 8.78 Å². The molecule has 0 saturated carbocycles. The molecule has 8 heteroatoms. The largest absolute Gasteiger partial charge is 0.402 e. The lowest BCUT2D eigenvalue weighted by atomic mass is 10.2. The van der Waals surface area contributed by atoms with E-state index in [2.05, 4.69) is 15.9 Å². The van der Waals surface area contributed by atoms with E-state index in [0.29, 0.717) is 17.1 Å². The van der Waals surface area contributed by atoms with Crippen LogP contribution in [-0.2, 0) is 6.54 Å². The fraction of sp³-hybridized carbons (Fsp3) is 0.133. The van der Waals surface area contributed by atoms with Crippen molar-refractivity contribution in [2.45, 2.75) is 13.5 Å². The van der Waals surface area contributed by atoms with Crippen molar-refractivity contribution in [3.8, 4) is 0 Å². The first kappa shape index (κ1) is 18.0. The maximum atomic E-state index is 13.5. The van der Waals surface area contributed by atoms with Gasteiger partial charge in [-0.2, -0.15) is 0 Å². The minimum atomic E-state index is -0.511. The Morgan fingerprint density at radius 1 is 1.39 bits per heavy atom. The highest BCUT2D eigenvalue weighted by molar-refractivity contribution is 6.07. The first-order chi connectivity index (χ1) is 11.0. The van der Waals surface area contributed by atoms with Gasteiger partial charge in [-0.05, 0) is 31.2 Å². The summed E-state index contributed by atoms with van der Waals surface area (Å²) < 4.78 is 31.3. The van der Waals surface area contributed by atoms with Crippen molar-refractivity contribution in [3.05, 3.63) is 65.2 Å². The van der Waals surface area contributed by atoms with E-state index in [1.165, 1.54) is 6.26 Å². The number of nitrogens with two attached hydrogens (primary N) is 2. The van der Waals surface area contributed by atoms with Crippen molar-refractivity contribution >= 4 is 12.1 Å². The van der Waals surface area contributed by atoms with Crippen molar-refractivity contribution in [2.75, 3.05) is 0 Å². The smallest absolute Gasteiger partial charge is 0.131 e. The average Bonchev–Trinajstić information content (AvgIpc) is 3.01. The average molecular weight is 321 g/mol. The van der Waals surface area contributed by atoms with Gasteiger partial charge >= 0.3 is 0 Å². The van der Waals surface area contributed by atoms with Crippen LogP contribution in [0.15, 0.2) is 51.8 Å². The number of allylic oxidation sites excluding steroid dienone is 2. The van der Waals surface area contributed by atoms with Crippen molar-refractivity contribution in [2.24, 2.45) is 16.5 Å². The van der Waals surface area contributed by atoms with E-state index in [1.807, 2.05) is 0 Å². The zero-order valence-electron chi connectivity index (χ0n) is 12.5. The molecule has 2 aromatic rings. The summed E-state index contributed by atoms with van der Waals surface area (Å²) in [4.78, 5) is 4.21. The van der Waals surface area contributed by atoms with E-state index in [4.69, 9.17) is 15.7 Å². The number of benzene rings is 1. The maximum absolute atomic E-state index is 13.5. The molecule has 0 spiro atoms. The van der Waals surface area contributed by atoms with Crippen LogP contribution in [0.3, 0.4) is 0 Å². The van der Waals surface area contributed by atoms with E-state index in [-0.39, 0.29) is 12.1 Å². The van der Waals surface area contributed by atoms with Gasteiger partial charge in [0.2, 0.25) is 0 Å². The van der Waals surface area contributed by atoms with E-state index >= 15 is 0 Å². The molecule has 122 valence electrons. The normalized spacial score (nSPS) is 11.6. The van der Waals surface area contributed by atoms with E-state index in [9.17, 15) is 8.78 Å². The lowest BCUT2D eigenvalue weighted by molar-refractivity contribution is 0.418. The van der Waals surface area contributed by atoms with Gasteiger partial charge < -0.3 is 16.0 Å². The summed E-state index contributed by atoms with van der Waals surface area (Å²) in [5.41, 5.74) is 11.6. The van der Waals surface area contributed by atoms with Gasteiger partial charge in [0, 0.05) is 17.3 Å². The molecule has 1 aromatic heterocycles. The predicted octanol–water partition coefficient (Wildman–Crippen LogP) is 2.36. The predicted molar refractivity (Wildman–Crippen MR) is 84.0 cm³/mol. The van der Waals surface area contributed by atoms with E-state index in [0.717, 1.165) is 24.5 Å². The van der Waals surface area contributed by atoms with Gasteiger partial charge in [-0.3, -0.25) is 10.4 Å². The molecule has 2 rings (SSSR count). The highest BCUT2D eigenvalue weighted by atomic mass is 19.1. The molecule has 1 aromatic carbocycles. The number of hydrogen-bond donors (Lipinski definition) is 3. The van der Waals surface area contributed by atoms with Crippen LogP contribution in [0.2, 0.25) is 0 Å². The topological polar surface area (TPSA) is 114 Å². The molecular weight excluding hydrogens is 304 g/mol. The summed E-state index contributed by atoms with van der Waals surface area (Å²) in [7, 11) is 0. The standard InChI is InChI=1S/C14H13F2N3O.CH4N2/c1-9(17)6-14(13-4-5-20-19-13)18-8-10-7-11(15)2-3-12(10)16;2-1-3/h2-7H,8,17H2,1H3;1H,(H3,2,3)/b9-6-,18-14?;. The Kier molecular flexibility index (Phi) is 7.12. The molecule has 23 heavy (non-hydrogen) atoms. The van der Waals surface area contributed by atoms with Crippen molar-refractivity contribution < 1.29 is 13.3 Å². The number of rotatable bonds is 4. The molecule has 0 aliphatic rings. The molecule has 0 atom stereocenters. The lowest BCUT2D eigenvalue weighted by Crippen LogP contribution is -2.03. The van der Waals surface area contributed by atoms with Crippen molar-refractivity contribution in [1.29, 1.82) is 5.41 Å². The number of nitrogens with one attached hydrogen (secondary N) is 1. The Morgan fingerprint density at radius 2 is 2.09 bits per heavy atom. The molecule has 0 bridgehead atoms. The number of hydrogen-bond acceptors (Lipinski definition) is 5. The van der Waals surface area contributed by atoms with E-state index < -0.39 is 11.6 Å². The number of halogens is 2.